The predicted molar refractivity (Wildman–Crippen MR) is 65.8 cm³/mol. The van der Waals surface area contributed by atoms with E-state index >= 15 is 0 Å². The number of carbonyl (C=O) groups is 1. The average Bonchev–Trinajstić information content (AvgIpc) is 2.87. The standard InChI is InChI=1S/C10H16N4OS/c1-12-10-14-8(11)7(16-10)9(15)13-6-4-2-3-5-6/h6H,2-5,11H2,1H3,(H,12,14)(H,13,15). The van der Waals surface area contributed by atoms with Crippen molar-refractivity contribution >= 4 is 28.2 Å². The molecule has 1 amide bonds. The first-order valence-electron chi connectivity index (χ1n) is 5.45. The molecule has 6 heteroatoms. The second-order valence-electron chi connectivity index (χ2n) is 3.94. The van der Waals surface area contributed by atoms with Gasteiger partial charge in [-0.2, -0.15) is 0 Å². The number of thiazole rings is 1. The molecule has 5 nitrogen and oxygen atoms in total. The van der Waals surface area contributed by atoms with Crippen LogP contribution in [0.15, 0.2) is 0 Å². The zero-order valence-electron chi connectivity index (χ0n) is 9.25. The van der Waals surface area contributed by atoms with Gasteiger partial charge in [0.25, 0.3) is 5.91 Å². The third-order valence-corrected chi connectivity index (χ3v) is 3.85. The Balaban J connectivity index is 2.04. The largest absolute Gasteiger partial charge is 0.382 e. The third-order valence-electron chi connectivity index (χ3n) is 2.76. The van der Waals surface area contributed by atoms with Gasteiger partial charge in [-0.25, -0.2) is 4.98 Å². The minimum atomic E-state index is -0.0941. The van der Waals surface area contributed by atoms with Gasteiger partial charge in [0, 0.05) is 13.1 Å². The van der Waals surface area contributed by atoms with Crippen LogP contribution in [0.25, 0.3) is 0 Å². The summed E-state index contributed by atoms with van der Waals surface area (Å²) >= 11 is 1.29. The highest BCUT2D eigenvalue weighted by atomic mass is 32.1. The number of rotatable bonds is 3. The fourth-order valence-corrected chi connectivity index (χ4v) is 2.66. The summed E-state index contributed by atoms with van der Waals surface area (Å²) in [6, 6.07) is 0.312. The van der Waals surface area contributed by atoms with Crippen LogP contribution in [0.4, 0.5) is 10.9 Å². The van der Waals surface area contributed by atoms with Gasteiger partial charge in [-0.05, 0) is 12.8 Å². The lowest BCUT2D eigenvalue weighted by Crippen LogP contribution is -2.32. The summed E-state index contributed by atoms with van der Waals surface area (Å²) < 4.78 is 0. The van der Waals surface area contributed by atoms with E-state index in [1.54, 1.807) is 7.05 Å². The van der Waals surface area contributed by atoms with Crippen LogP contribution in [-0.2, 0) is 0 Å². The van der Waals surface area contributed by atoms with Crippen LogP contribution in [0.1, 0.15) is 35.4 Å². The lowest BCUT2D eigenvalue weighted by Gasteiger charge is -2.10. The monoisotopic (exact) mass is 240 g/mol. The molecule has 0 saturated heterocycles. The van der Waals surface area contributed by atoms with Crippen molar-refractivity contribution in [3.63, 3.8) is 0 Å². The van der Waals surface area contributed by atoms with E-state index in [1.165, 1.54) is 24.2 Å². The molecule has 0 spiro atoms. The van der Waals surface area contributed by atoms with E-state index in [-0.39, 0.29) is 5.91 Å². The summed E-state index contributed by atoms with van der Waals surface area (Å²) in [6.45, 7) is 0. The zero-order valence-corrected chi connectivity index (χ0v) is 10.1. The minimum Gasteiger partial charge on any atom is -0.382 e. The van der Waals surface area contributed by atoms with Crippen molar-refractivity contribution in [2.75, 3.05) is 18.1 Å². The molecule has 1 fully saturated rings. The second kappa shape index (κ2) is 4.69. The van der Waals surface area contributed by atoms with Crippen molar-refractivity contribution < 1.29 is 4.79 Å². The molecule has 0 bridgehead atoms. The fraction of sp³-hybridized carbons (Fsp3) is 0.600. The van der Waals surface area contributed by atoms with Crippen molar-refractivity contribution in [2.24, 2.45) is 0 Å². The number of hydrogen-bond donors (Lipinski definition) is 3. The average molecular weight is 240 g/mol. The maximum Gasteiger partial charge on any atom is 0.265 e. The summed E-state index contributed by atoms with van der Waals surface area (Å²) in [5.41, 5.74) is 5.69. The molecule has 1 heterocycles. The van der Waals surface area contributed by atoms with Gasteiger partial charge >= 0.3 is 0 Å². The molecule has 0 aromatic carbocycles. The van der Waals surface area contributed by atoms with Gasteiger partial charge in [-0.3, -0.25) is 4.79 Å². The lowest BCUT2D eigenvalue weighted by atomic mass is 10.2. The van der Waals surface area contributed by atoms with E-state index in [0.717, 1.165) is 12.8 Å². The van der Waals surface area contributed by atoms with E-state index in [4.69, 9.17) is 5.73 Å². The van der Waals surface area contributed by atoms with Gasteiger partial charge < -0.3 is 16.4 Å². The Hall–Kier alpha value is -1.30. The number of carbonyl (C=O) groups excluding carboxylic acids is 1. The maximum atomic E-state index is 11.9. The number of nitrogens with zero attached hydrogens (tertiary/aromatic N) is 1. The Labute approximate surface area is 98.4 Å². The highest BCUT2D eigenvalue weighted by Crippen LogP contribution is 2.25. The van der Waals surface area contributed by atoms with Crippen LogP contribution in [0, 0.1) is 0 Å². The van der Waals surface area contributed by atoms with Crippen molar-refractivity contribution in [2.45, 2.75) is 31.7 Å². The Bertz CT molecular complexity index is 384. The van der Waals surface area contributed by atoms with Crippen LogP contribution in [-0.4, -0.2) is 24.0 Å². The second-order valence-corrected chi connectivity index (χ2v) is 4.94. The van der Waals surface area contributed by atoms with Gasteiger partial charge in [-0.15, -0.1) is 0 Å². The molecule has 1 aliphatic carbocycles. The van der Waals surface area contributed by atoms with E-state index in [1.807, 2.05) is 0 Å². The molecule has 2 rings (SSSR count). The first-order valence-corrected chi connectivity index (χ1v) is 6.27. The van der Waals surface area contributed by atoms with Crippen LogP contribution < -0.4 is 16.4 Å². The highest BCUT2D eigenvalue weighted by molar-refractivity contribution is 7.18. The summed E-state index contributed by atoms with van der Waals surface area (Å²) in [5.74, 6) is 0.216. The molecule has 0 atom stereocenters. The van der Waals surface area contributed by atoms with E-state index in [2.05, 4.69) is 15.6 Å². The molecule has 1 aliphatic rings. The quantitative estimate of drug-likeness (QED) is 0.747. The van der Waals surface area contributed by atoms with Crippen molar-refractivity contribution in [1.82, 2.24) is 10.3 Å². The Kier molecular flexibility index (Phi) is 3.28. The first-order chi connectivity index (χ1) is 7.70. The van der Waals surface area contributed by atoms with Crippen LogP contribution in [0.5, 0.6) is 0 Å². The number of nitrogens with two attached hydrogens (primary N) is 1. The molecule has 0 radical (unpaired) electrons. The Morgan fingerprint density at radius 2 is 2.19 bits per heavy atom. The molecule has 1 saturated carbocycles. The van der Waals surface area contributed by atoms with Crippen molar-refractivity contribution in [1.29, 1.82) is 0 Å². The van der Waals surface area contributed by atoms with E-state index in [9.17, 15) is 4.79 Å². The lowest BCUT2D eigenvalue weighted by molar-refractivity contribution is 0.0942. The molecule has 1 aromatic rings. The number of nitrogens with one attached hydrogen (secondary N) is 2. The van der Waals surface area contributed by atoms with Crippen LogP contribution in [0.2, 0.25) is 0 Å². The number of anilines is 2. The number of amides is 1. The molecule has 88 valence electrons. The highest BCUT2D eigenvalue weighted by Gasteiger charge is 2.21. The topological polar surface area (TPSA) is 80.0 Å². The molecule has 0 unspecified atom stereocenters. The summed E-state index contributed by atoms with van der Waals surface area (Å²) in [7, 11) is 1.76. The minimum absolute atomic E-state index is 0.0941. The Morgan fingerprint density at radius 3 is 2.75 bits per heavy atom. The van der Waals surface area contributed by atoms with Crippen LogP contribution >= 0.6 is 11.3 Å². The predicted octanol–water partition coefficient (Wildman–Crippen LogP) is 1.44. The maximum absolute atomic E-state index is 11.9. The van der Waals surface area contributed by atoms with E-state index < -0.39 is 0 Å². The van der Waals surface area contributed by atoms with Gasteiger partial charge in [-0.1, -0.05) is 24.2 Å². The van der Waals surface area contributed by atoms with Gasteiger partial charge in [0.05, 0.1) is 0 Å². The number of nitrogen functional groups attached to an aromatic ring is 1. The third kappa shape index (κ3) is 2.27. The number of hydrogen-bond acceptors (Lipinski definition) is 5. The first kappa shape index (κ1) is 11.2. The molecule has 4 N–H and O–H groups in total. The van der Waals surface area contributed by atoms with Gasteiger partial charge in [0.2, 0.25) is 0 Å². The molecular weight excluding hydrogens is 224 g/mol. The zero-order chi connectivity index (χ0) is 11.5. The molecular formula is C10H16N4OS. The smallest absolute Gasteiger partial charge is 0.265 e. The van der Waals surface area contributed by atoms with Crippen molar-refractivity contribution in [3.8, 4) is 0 Å². The molecule has 16 heavy (non-hydrogen) atoms. The SMILES string of the molecule is CNc1nc(N)c(C(=O)NC2CCCC2)s1. The molecule has 0 aliphatic heterocycles. The van der Waals surface area contributed by atoms with Gasteiger partial charge in [0.15, 0.2) is 5.13 Å². The summed E-state index contributed by atoms with van der Waals surface area (Å²) in [5, 5.41) is 6.56. The van der Waals surface area contributed by atoms with Gasteiger partial charge in [0.1, 0.15) is 10.7 Å². The normalized spacial score (nSPS) is 16.3. The summed E-state index contributed by atoms with van der Waals surface area (Å²) in [4.78, 5) is 16.5. The fourth-order valence-electron chi connectivity index (χ4n) is 1.92. The molecule has 1 aromatic heterocycles. The van der Waals surface area contributed by atoms with E-state index in [0.29, 0.717) is 21.9 Å². The number of aromatic nitrogens is 1. The summed E-state index contributed by atoms with van der Waals surface area (Å²) in [6.07, 6.45) is 4.54. The van der Waals surface area contributed by atoms with Crippen LogP contribution in [0.3, 0.4) is 0 Å². The Morgan fingerprint density at radius 1 is 1.50 bits per heavy atom. The van der Waals surface area contributed by atoms with Crippen molar-refractivity contribution in [3.05, 3.63) is 4.88 Å².